The molecule has 73 heavy (non-hydrogen) atoms. The van der Waals surface area contributed by atoms with Gasteiger partial charge in [0.05, 0.1) is 6.04 Å². The van der Waals surface area contributed by atoms with Gasteiger partial charge in [0.25, 0.3) is 0 Å². The van der Waals surface area contributed by atoms with E-state index in [0.717, 1.165) is 28.4 Å². The summed E-state index contributed by atoms with van der Waals surface area (Å²) < 4.78 is 0. The number of anilines is 9. The summed E-state index contributed by atoms with van der Waals surface area (Å²) in [6.07, 6.45) is 9.40. The third-order valence-electron chi connectivity index (χ3n) is 15.6. The van der Waals surface area contributed by atoms with Gasteiger partial charge in [-0.25, -0.2) is 0 Å². The maximum atomic E-state index is 2.63. The lowest BCUT2D eigenvalue weighted by atomic mass is 9.31. The van der Waals surface area contributed by atoms with Gasteiger partial charge in [-0.2, -0.15) is 0 Å². The Labute approximate surface area is 434 Å². The minimum Gasteiger partial charge on any atom is -0.320 e. The highest BCUT2D eigenvalue weighted by atomic mass is 15.4. The summed E-state index contributed by atoms with van der Waals surface area (Å²) in [5.41, 5.74) is 21.0. The molecule has 0 saturated carbocycles. The first-order chi connectivity index (χ1) is 35.1. The fourth-order valence-electron chi connectivity index (χ4n) is 11.8. The molecule has 0 radical (unpaired) electrons. The number of hydrogen-bond donors (Lipinski definition) is 0. The Hall–Kier alpha value is -7.76. The Kier molecular flexibility index (Phi) is 11.1. The van der Waals surface area contributed by atoms with E-state index in [4.69, 9.17) is 0 Å². The van der Waals surface area contributed by atoms with E-state index in [2.05, 4.69) is 300 Å². The van der Waals surface area contributed by atoms with Crippen molar-refractivity contribution in [2.24, 2.45) is 5.92 Å². The predicted molar refractivity (Wildman–Crippen MR) is 312 cm³/mol. The summed E-state index contributed by atoms with van der Waals surface area (Å²) in [7, 11) is 0. The van der Waals surface area contributed by atoms with E-state index in [0.29, 0.717) is 0 Å². The molecular formula is C68H65BN4. The average Bonchev–Trinajstić information content (AvgIpc) is 3.75. The molecule has 4 aliphatic rings. The van der Waals surface area contributed by atoms with E-state index < -0.39 is 0 Å². The number of fused-ring (bicyclic) bond motifs is 5. The van der Waals surface area contributed by atoms with Crippen molar-refractivity contribution in [3.8, 4) is 11.1 Å². The van der Waals surface area contributed by atoms with Crippen LogP contribution in [0, 0.1) is 5.92 Å². The molecule has 0 spiro atoms. The van der Waals surface area contributed by atoms with Gasteiger partial charge in [-0.15, -0.1) is 0 Å². The minimum atomic E-state index is -0.0301. The van der Waals surface area contributed by atoms with Gasteiger partial charge in [-0.05, 0) is 145 Å². The highest BCUT2D eigenvalue weighted by Crippen LogP contribution is 2.53. The van der Waals surface area contributed by atoms with E-state index in [1.54, 1.807) is 0 Å². The van der Waals surface area contributed by atoms with Crippen LogP contribution in [-0.4, -0.2) is 12.8 Å². The fourth-order valence-corrected chi connectivity index (χ4v) is 11.8. The first-order valence-corrected chi connectivity index (χ1v) is 26.2. The molecule has 0 N–H and O–H groups in total. The van der Waals surface area contributed by atoms with Gasteiger partial charge in [-0.3, -0.25) is 4.90 Å². The van der Waals surface area contributed by atoms with Crippen LogP contribution >= 0.6 is 0 Å². The van der Waals surface area contributed by atoms with Gasteiger partial charge in [0.2, 0.25) is 6.71 Å². The quantitative estimate of drug-likeness (QED) is 0.148. The largest absolute Gasteiger partial charge is 0.320 e. The van der Waals surface area contributed by atoms with Gasteiger partial charge in [0, 0.05) is 57.1 Å². The maximum absolute atomic E-state index is 2.63. The van der Waals surface area contributed by atoms with Crippen LogP contribution in [0.4, 0.5) is 51.2 Å². The summed E-state index contributed by atoms with van der Waals surface area (Å²) in [6.45, 7) is 20.5. The van der Waals surface area contributed by atoms with Crippen LogP contribution in [0.25, 0.3) is 11.1 Å². The molecule has 4 nitrogen and oxygen atoms in total. The van der Waals surface area contributed by atoms with Crippen molar-refractivity contribution in [1.82, 2.24) is 0 Å². The molecule has 5 heteroatoms. The number of allylic oxidation sites excluding steroid dienone is 2. The molecule has 3 heterocycles. The van der Waals surface area contributed by atoms with Crippen molar-refractivity contribution in [3.05, 3.63) is 246 Å². The maximum Gasteiger partial charge on any atom is 0.250 e. The molecule has 3 aliphatic heterocycles. The standard InChI is InChI=1S/C68H65BN4/c1-66(2,3)48-32-30-46(31-33-48)47-20-18-25-55(44-47)73-61-29-19-28-60-64(61)69(63-57-26-16-17-27-59(57)72(65(63)73)52-23-14-11-15-24-52)58-43-42-56(45-62(58)71(60)51-21-12-10-13-22-51)70(53-38-34-49(35-39-53)67(4,5)6)54-40-36-50(37-41-54)68(7,8)9/h10-45,57,59H,1-9H3. The molecule has 12 rings (SSSR count). The van der Waals surface area contributed by atoms with E-state index in [9.17, 15) is 0 Å². The van der Waals surface area contributed by atoms with Crippen LogP contribution in [0.15, 0.2) is 230 Å². The summed E-state index contributed by atoms with van der Waals surface area (Å²) in [5, 5.41) is 0. The van der Waals surface area contributed by atoms with Gasteiger partial charge < -0.3 is 14.7 Å². The number of nitrogens with zero attached hydrogens (tertiary/aromatic N) is 4. The number of para-hydroxylation sites is 2. The van der Waals surface area contributed by atoms with Gasteiger partial charge in [-0.1, -0.05) is 196 Å². The first-order valence-electron chi connectivity index (χ1n) is 26.2. The van der Waals surface area contributed by atoms with E-state index in [-0.39, 0.29) is 34.9 Å². The lowest BCUT2D eigenvalue weighted by Gasteiger charge is -2.45. The smallest absolute Gasteiger partial charge is 0.250 e. The average molecular weight is 949 g/mol. The number of benzene rings is 8. The lowest BCUT2D eigenvalue weighted by Crippen LogP contribution is -2.56. The van der Waals surface area contributed by atoms with E-state index in [1.807, 2.05) is 0 Å². The van der Waals surface area contributed by atoms with Gasteiger partial charge >= 0.3 is 0 Å². The molecule has 0 fully saturated rings. The summed E-state index contributed by atoms with van der Waals surface area (Å²) in [6, 6.07) is 73.3. The predicted octanol–water partition coefficient (Wildman–Crippen LogP) is 16.6. The molecular weight excluding hydrogens is 884 g/mol. The SMILES string of the molecule is CC(C)(C)c1ccc(-c2cccc(N3C4=C(B5c6ccc(N(c7ccc(C(C)(C)C)cc7)c7ccc(C(C)(C)C)cc7)cc6N(c6ccccc6)c6cccc3c65)C3C=CC=CC3N4c3ccccc3)c2)cc1. The molecule has 2 unspecified atom stereocenters. The van der Waals surface area contributed by atoms with Crippen LogP contribution in [0.1, 0.15) is 79.0 Å². The Morgan fingerprint density at radius 3 is 1.51 bits per heavy atom. The minimum absolute atomic E-state index is 0.0301. The van der Waals surface area contributed by atoms with E-state index in [1.165, 1.54) is 72.8 Å². The van der Waals surface area contributed by atoms with Crippen LogP contribution in [0.3, 0.4) is 0 Å². The molecule has 8 aromatic rings. The van der Waals surface area contributed by atoms with E-state index >= 15 is 0 Å². The zero-order valence-corrected chi connectivity index (χ0v) is 43.8. The summed E-state index contributed by atoms with van der Waals surface area (Å²) in [4.78, 5) is 10.2. The molecule has 0 saturated heterocycles. The normalized spacial score (nSPS) is 16.8. The monoisotopic (exact) mass is 949 g/mol. The fraction of sp³-hybridized carbons (Fsp3) is 0.206. The van der Waals surface area contributed by atoms with Crippen molar-refractivity contribution in [2.45, 2.75) is 84.6 Å². The third-order valence-corrected chi connectivity index (χ3v) is 15.6. The lowest BCUT2D eigenvalue weighted by molar-refractivity contribution is 0.590. The second-order valence-corrected chi connectivity index (χ2v) is 23.5. The molecule has 0 bridgehead atoms. The highest BCUT2D eigenvalue weighted by Gasteiger charge is 2.53. The molecule has 0 aromatic heterocycles. The van der Waals surface area contributed by atoms with Crippen molar-refractivity contribution >= 4 is 68.8 Å². The highest BCUT2D eigenvalue weighted by molar-refractivity contribution is 6.95. The van der Waals surface area contributed by atoms with Crippen molar-refractivity contribution < 1.29 is 0 Å². The second kappa shape index (κ2) is 17.5. The second-order valence-electron chi connectivity index (χ2n) is 23.5. The molecule has 2 atom stereocenters. The van der Waals surface area contributed by atoms with Gasteiger partial charge in [0.1, 0.15) is 5.82 Å². The molecule has 0 amide bonds. The molecule has 360 valence electrons. The Morgan fingerprint density at radius 2 is 0.918 bits per heavy atom. The Balaban J connectivity index is 1.10. The van der Waals surface area contributed by atoms with Crippen LogP contribution in [0.2, 0.25) is 0 Å². The van der Waals surface area contributed by atoms with Crippen LogP contribution in [0.5, 0.6) is 0 Å². The number of rotatable bonds is 7. The summed E-state index contributed by atoms with van der Waals surface area (Å²) in [5.74, 6) is 1.35. The Morgan fingerprint density at radius 1 is 0.411 bits per heavy atom. The zero-order chi connectivity index (χ0) is 50.4. The van der Waals surface area contributed by atoms with Crippen LogP contribution < -0.4 is 30.5 Å². The number of hydrogen-bond acceptors (Lipinski definition) is 4. The van der Waals surface area contributed by atoms with Crippen LogP contribution in [-0.2, 0) is 16.2 Å². The zero-order valence-electron chi connectivity index (χ0n) is 43.8. The Bertz CT molecular complexity index is 3400. The molecule has 8 aromatic carbocycles. The van der Waals surface area contributed by atoms with Crippen molar-refractivity contribution in [1.29, 1.82) is 0 Å². The van der Waals surface area contributed by atoms with Crippen molar-refractivity contribution in [3.63, 3.8) is 0 Å². The van der Waals surface area contributed by atoms with Crippen molar-refractivity contribution in [2.75, 3.05) is 19.6 Å². The molecule has 1 aliphatic carbocycles. The third kappa shape index (κ3) is 8.01. The summed E-state index contributed by atoms with van der Waals surface area (Å²) >= 11 is 0. The topological polar surface area (TPSA) is 13.0 Å². The van der Waals surface area contributed by atoms with Gasteiger partial charge in [0.15, 0.2) is 0 Å². The first kappa shape index (κ1) is 46.3.